The number of hydrogen-bond acceptors (Lipinski definition) is 3. The zero-order chi connectivity index (χ0) is 10.9. The lowest BCUT2D eigenvalue weighted by atomic mass is 9.75. The van der Waals surface area contributed by atoms with Crippen LogP contribution in [0.15, 0.2) is 0 Å². The van der Waals surface area contributed by atoms with E-state index in [4.69, 9.17) is 4.74 Å². The maximum atomic E-state index is 11.9. The van der Waals surface area contributed by atoms with Crippen LogP contribution in [0.5, 0.6) is 0 Å². The smallest absolute Gasteiger partial charge is 0.320 e. The Morgan fingerprint density at radius 1 is 1.40 bits per heavy atom. The molecule has 0 aromatic heterocycles. The van der Waals surface area contributed by atoms with Crippen LogP contribution in [-0.4, -0.2) is 18.4 Å². The summed E-state index contributed by atoms with van der Waals surface area (Å²) in [7, 11) is 0. The van der Waals surface area contributed by atoms with E-state index in [1.54, 1.807) is 0 Å². The molecule has 3 nitrogen and oxygen atoms in total. The van der Waals surface area contributed by atoms with Crippen LogP contribution in [0.1, 0.15) is 45.4 Å². The van der Waals surface area contributed by atoms with Gasteiger partial charge in [-0.1, -0.05) is 26.2 Å². The molecule has 15 heavy (non-hydrogen) atoms. The van der Waals surface area contributed by atoms with Gasteiger partial charge < -0.3 is 4.74 Å². The average molecular weight is 210 g/mol. The molecule has 3 heteroatoms. The number of hydrogen-bond donors (Lipinski definition) is 0. The lowest BCUT2D eigenvalue weighted by Crippen LogP contribution is -2.36. The predicted molar refractivity (Wildman–Crippen MR) is 55.3 cm³/mol. The van der Waals surface area contributed by atoms with Crippen LogP contribution >= 0.6 is 0 Å². The standard InChI is InChI=1S/C12H18O3/c1-2-3-4-7-12-9(5-6-10(12)13)8-15-11(12)14/h9H,2-8H2,1H3. The summed E-state index contributed by atoms with van der Waals surface area (Å²) in [6.07, 6.45) is 5.30. The molecule has 0 radical (unpaired) electrons. The van der Waals surface area contributed by atoms with E-state index in [0.29, 0.717) is 19.4 Å². The lowest BCUT2D eigenvalue weighted by Gasteiger charge is -2.22. The van der Waals surface area contributed by atoms with Crippen molar-refractivity contribution in [1.82, 2.24) is 0 Å². The van der Waals surface area contributed by atoms with Gasteiger partial charge in [0.15, 0.2) is 5.78 Å². The summed E-state index contributed by atoms with van der Waals surface area (Å²) in [4.78, 5) is 23.6. The number of carbonyl (C=O) groups excluding carboxylic acids is 2. The number of unbranched alkanes of at least 4 members (excludes halogenated alkanes) is 2. The summed E-state index contributed by atoms with van der Waals surface area (Å²) < 4.78 is 5.06. The van der Waals surface area contributed by atoms with Crippen molar-refractivity contribution in [2.75, 3.05) is 6.61 Å². The zero-order valence-electron chi connectivity index (χ0n) is 9.25. The van der Waals surface area contributed by atoms with Crippen molar-refractivity contribution in [3.05, 3.63) is 0 Å². The van der Waals surface area contributed by atoms with Crippen molar-refractivity contribution in [1.29, 1.82) is 0 Å². The summed E-state index contributed by atoms with van der Waals surface area (Å²) in [6, 6.07) is 0. The van der Waals surface area contributed by atoms with Crippen LogP contribution in [0.2, 0.25) is 0 Å². The molecule has 1 heterocycles. The van der Waals surface area contributed by atoms with Crippen LogP contribution in [0, 0.1) is 11.3 Å². The highest BCUT2D eigenvalue weighted by molar-refractivity contribution is 6.06. The molecule has 1 aliphatic heterocycles. The predicted octanol–water partition coefficient (Wildman–Crippen LogP) is 2.09. The molecule has 84 valence electrons. The van der Waals surface area contributed by atoms with E-state index in [9.17, 15) is 9.59 Å². The zero-order valence-corrected chi connectivity index (χ0v) is 9.25. The van der Waals surface area contributed by atoms with Crippen molar-refractivity contribution < 1.29 is 14.3 Å². The Bertz CT molecular complexity index is 263. The highest BCUT2D eigenvalue weighted by Gasteiger charge is 2.59. The van der Waals surface area contributed by atoms with Gasteiger partial charge in [0, 0.05) is 12.3 Å². The van der Waals surface area contributed by atoms with Crippen molar-refractivity contribution in [2.45, 2.75) is 45.4 Å². The van der Waals surface area contributed by atoms with Crippen molar-refractivity contribution in [2.24, 2.45) is 11.3 Å². The summed E-state index contributed by atoms with van der Waals surface area (Å²) in [5, 5.41) is 0. The van der Waals surface area contributed by atoms with E-state index < -0.39 is 5.41 Å². The largest absolute Gasteiger partial charge is 0.465 e. The number of Topliss-reactive ketones (excluding diaryl/α,β-unsaturated/α-hetero) is 1. The number of fused-ring (bicyclic) bond motifs is 1. The van der Waals surface area contributed by atoms with Gasteiger partial charge in [0.25, 0.3) is 0 Å². The average Bonchev–Trinajstić information content (AvgIpc) is 2.70. The molecule has 0 amide bonds. The van der Waals surface area contributed by atoms with Gasteiger partial charge in [0.05, 0.1) is 6.61 Å². The molecular formula is C12H18O3. The topological polar surface area (TPSA) is 43.4 Å². The fraction of sp³-hybridized carbons (Fsp3) is 0.833. The maximum Gasteiger partial charge on any atom is 0.320 e. The number of carbonyl (C=O) groups is 2. The monoisotopic (exact) mass is 210 g/mol. The van der Waals surface area contributed by atoms with Gasteiger partial charge in [-0.2, -0.15) is 0 Å². The number of ketones is 1. The Labute approximate surface area is 90.2 Å². The van der Waals surface area contributed by atoms with E-state index in [1.165, 1.54) is 0 Å². The molecule has 2 atom stereocenters. The number of cyclic esters (lactones) is 1. The minimum Gasteiger partial charge on any atom is -0.465 e. The van der Waals surface area contributed by atoms with E-state index in [1.807, 2.05) is 0 Å². The molecular weight excluding hydrogens is 192 g/mol. The van der Waals surface area contributed by atoms with Crippen molar-refractivity contribution in [3.63, 3.8) is 0 Å². The van der Waals surface area contributed by atoms with Gasteiger partial charge in [-0.3, -0.25) is 9.59 Å². The normalized spacial score (nSPS) is 34.3. The molecule has 0 aromatic rings. The first kappa shape index (κ1) is 10.7. The fourth-order valence-corrected chi connectivity index (χ4v) is 2.91. The Hall–Kier alpha value is -0.860. The summed E-state index contributed by atoms with van der Waals surface area (Å²) in [6.45, 7) is 2.59. The number of esters is 1. The molecule has 0 spiro atoms. The second-order valence-corrected chi connectivity index (χ2v) is 4.69. The van der Waals surface area contributed by atoms with E-state index in [0.717, 1.165) is 25.7 Å². The molecule has 2 aliphatic rings. The van der Waals surface area contributed by atoms with Crippen molar-refractivity contribution >= 4 is 11.8 Å². The van der Waals surface area contributed by atoms with E-state index >= 15 is 0 Å². The van der Waals surface area contributed by atoms with Gasteiger partial charge in [-0.15, -0.1) is 0 Å². The van der Waals surface area contributed by atoms with Gasteiger partial charge in [-0.25, -0.2) is 0 Å². The molecule has 1 saturated carbocycles. The second kappa shape index (κ2) is 3.95. The lowest BCUT2D eigenvalue weighted by molar-refractivity contribution is -0.151. The van der Waals surface area contributed by atoms with Crippen LogP contribution in [-0.2, 0) is 14.3 Å². The third-order valence-electron chi connectivity index (χ3n) is 3.87. The van der Waals surface area contributed by atoms with Crippen LogP contribution in [0.4, 0.5) is 0 Å². The Morgan fingerprint density at radius 2 is 2.20 bits per heavy atom. The number of ether oxygens (including phenoxy) is 1. The highest BCUT2D eigenvalue weighted by Crippen LogP contribution is 2.49. The molecule has 0 aromatic carbocycles. The molecule has 0 N–H and O–H groups in total. The second-order valence-electron chi connectivity index (χ2n) is 4.69. The first-order chi connectivity index (χ1) is 7.21. The molecule has 0 bridgehead atoms. The van der Waals surface area contributed by atoms with Crippen LogP contribution < -0.4 is 0 Å². The molecule has 2 rings (SSSR count). The van der Waals surface area contributed by atoms with Gasteiger partial charge >= 0.3 is 5.97 Å². The minimum absolute atomic E-state index is 0.131. The Morgan fingerprint density at radius 3 is 2.93 bits per heavy atom. The molecule has 1 aliphatic carbocycles. The first-order valence-corrected chi connectivity index (χ1v) is 5.92. The first-order valence-electron chi connectivity index (χ1n) is 5.92. The summed E-state index contributed by atoms with van der Waals surface area (Å²) in [5.74, 6) is 0.0616. The van der Waals surface area contributed by atoms with Crippen molar-refractivity contribution in [3.8, 4) is 0 Å². The third kappa shape index (κ3) is 1.48. The van der Waals surface area contributed by atoms with Gasteiger partial charge in [-0.05, 0) is 12.8 Å². The van der Waals surface area contributed by atoms with Crippen LogP contribution in [0.25, 0.3) is 0 Å². The fourth-order valence-electron chi connectivity index (χ4n) is 2.91. The Kier molecular flexibility index (Phi) is 2.81. The highest BCUT2D eigenvalue weighted by atomic mass is 16.5. The van der Waals surface area contributed by atoms with E-state index in [-0.39, 0.29) is 17.7 Å². The van der Waals surface area contributed by atoms with E-state index in [2.05, 4.69) is 6.92 Å². The molecule has 2 fully saturated rings. The van der Waals surface area contributed by atoms with Crippen LogP contribution in [0.3, 0.4) is 0 Å². The minimum atomic E-state index is -0.727. The summed E-state index contributed by atoms with van der Waals surface area (Å²) in [5.41, 5.74) is -0.727. The quantitative estimate of drug-likeness (QED) is 0.405. The number of rotatable bonds is 4. The molecule has 2 unspecified atom stereocenters. The third-order valence-corrected chi connectivity index (χ3v) is 3.87. The summed E-state index contributed by atoms with van der Waals surface area (Å²) >= 11 is 0. The maximum absolute atomic E-state index is 11.9. The van der Waals surface area contributed by atoms with Gasteiger partial charge in [0.2, 0.25) is 0 Å². The SMILES string of the molecule is CCCCCC12C(=O)CCC1COC2=O. The van der Waals surface area contributed by atoms with Gasteiger partial charge in [0.1, 0.15) is 5.41 Å². The Balaban J connectivity index is 2.12. The molecule has 1 saturated heterocycles.